The second-order valence-corrected chi connectivity index (χ2v) is 11.7. The number of benzene rings is 3. The number of carbonyl (C=O) groups is 2. The molecule has 0 aliphatic carbocycles. The predicted molar refractivity (Wildman–Crippen MR) is 153 cm³/mol. The van der Waals surface area contributed by atoms with Crippen molar-refractivity contribution in [3.05, 3.63) is 100 Å². The van der Waals surface area contributed by atoms with Gasteiger partial charge >= 0.3 is 0 Å². The Morgan fingerprint density at radius 2 is 1.53 bits per heavy atom. The Labute approximate surface area is 230 Å². The van der Waals surface area contributed by atoms with Crippen molar-refractivity contribution in [2.24, 2.45) is 0 Å². The Kier molecular flexibility index (Phi) is 9.94. The highest BCUT2D eigenvalue weighted by Crippen LogP contribution is 2.23. The van der Waals surface area contributed by atoms with Crippen LogP contribution in [0.5, 0.6) is 0 Å². The van der Waals surface area contributed by atoms with Gasteiger partial charge in [-0.25, -0.2) is 8.42 Å². The number of rotatable bonds is 11. The lowest BCUT2D eigenvalue weighted by Gasteiger charge is -2.33. The fraction of sp³-hybridized carbons (Fsp3) is 0.310. The maximum absolute atomic E-state index is 14.0. The van der Waals surface area contributed by atoms with Gasteiger partial charge in [0.2, 0.25) is 21.8 Å². The molecule has 0 saturated carbocycles. The van der Waals surface area contributed by atoms with E-state index in [-0.39, 0.29) is 18.9 Å². The molecule has 1 atom stereocenters. The van der Waals surface area contributed by atoms with Crippen LogP contribution in [0.2, 0.25) is 5.02 Å². The molecule has 9 heteroatoms. The van der Waals surface area contributed by atoms with Crippen molar-refractivity contribution in [3.8, 4) is 0 Å². The zero-order chi connectivity index (χ0) is 27.9. The largest absolute Gasteiger partial charge is 0.355 e. The van der Waals surface area contributed by atoms with Gasteiger partial charge < -0.3 is 10.2 Å². The number of halogens is 1. The Bertz CT molecular complexity index is 1340. The van der Waals surface area contributed by atoms with E-state index >= 15 is 0 Å². The molecule has 0 aliphatic heterocycles. The smallest absolute Gasteiger partial charge is 0.244 e. The van der Waals surface area contributed by atoms with Crippen LogP contribution >= 0.6 is 11.6 Å². The third-order valence-corrected chi connectivity index (χ3v) is 7.45. The number of hydrogen-bond donors (Lipinski definition) is 1. The molecule has 0 unspecified atom stereocenters. The second kappa shape index (κ2) is 12.9. The Balaban J connectivity index is 2.05. The number of sulfonamides is 1. The van der Waals surface area contributed by atoms with Crippen LogP contribution in [0, 0.1) is 13.8 Å². The van der Waals surface area contributed by atoms with E-state index in [9.17, 15) is 18.0 Å². The van der Waals surface area contributed by atoms with E-state index in [0.29, 0.717) is 17.3 Å². The van der Waals surface area contributed by atoms with Crippen LogP contribution in [0.15, 0.2) is 72.8 Å². The number of nitrogens with zero attached hydrogens (tertiary/aromatic N) is 2. The minimum atomic E-state index is -3.81. The molecule has 0 aromatic heterocycles. The normalized spacial score (nSPS) is 12.0. The van der Waals surface area contributed by atoms with Crippen molar-refractivity contribution in [3.63, 3.8) is 0 Å². The van der Waals surface area contributed by atoms with Crippen molar-refractivity contribution in [2.75, 3.05) is 23.7 Å². The minimum absolute atomic E-state index is 0.106. The number of nitrogens with one attached hydrogen (secondary N) is 1. The second-order valence-electron chi connectivity index (χ2n) is 9.36. The highest BCUT2D eigenvalue weighted by Gasteiger charge is 2.32. The van der Waals surface area contributed by atoms with Crippen molar-refractivity contribution >= 4 is 39.1 Å². The van der Waals surface area contributed by atoms with Crippen molar-refractivity contribution in [1.29, 1.82) is 0 Å². The molecule has 3 aromatic rings. The van der Waals surface area contributed by atoms with Crippen LogP contribution in [0.4, 0.5) is 5.69 Å². The number of likely N-dealkylation sites (N-methyl/N-ethyl adjacent to an activating group) is 1. The number of amides is 2. The Morgan fingerprint density at radius 3 is 2.08 bits per heavy atom. The Morgan fingerprint density at radius 1 is 0.921 bits per heavy atom. The number of anilines is 1. The van der Waals surface area contributed by atoms with Crippen LogP contribution in [0.3, 0.4) is 0 Å². The zero-order valence-electron chi connectivity index (χ0n) is 22.1. The first kappa shape index (κ1) is 29.2. The molecule has 2 amide bonds. The maximum atomic E-state index is 14.0. The van der Waals surface area contributed by atoms with E-state index in [1.165, 1.54) is 4.90 Å². The van der Waals surface area contributed by atoms with Gasteiger partial charge in [0.25, 0.3) is 0 Å². The van der Waals surface area contributed by atoms with Crippen LogP contribution < -0.4 is 9.62 Å². The molecular formula is C29H34ClN3O4S. The monoisotopic (exact) mass is 555 g/mol. The van der Waals surface area contributed by atoms with Crippen molar-refractivity contribution in [2.45, 2.75) is 39.8 Å². The van der Waals surface area contributed by atoms with Gasteiger partial charge in [-0.2, -0.15) is 0 Å². The third-order valence-electron chi connectivity index (χ3n) is 6.06. The van der Waals surface area contributed by atoms with Gasteiger partial charge in [-0.15, -0.1) is 0 Å². The molecule has 0 saturated heterocycles. The molecule has 38 heavy (non-hydrogen) atoms. The molecule has 1 N–H and O–H groups in total. The molecule has 0 aliphatic rings. The number of aryl methyl sites for hydroxylation is 2. The number of hydrogen-bond acceptors (Lipinski definition) is 4. The maximum Gasteiger partial charge on any atom is 0.244 e. The summed E-state index contributed by atoms with van der Waals surface area (Å²) in [5, 5.41) is 3.39. The lowest BCUT2D eigenvalue weighted by atomic mass is 10.0. The van der Waals surface area contributed by atoms with Gasteiger partial charge in [0.1, 0.15) is 12.6 Å². The Hall–Kier alpha value is -3.36. The summed E-state index contributed by atoms with van der Waals surface area (Å²) >= 11 is 6.07. The summed E-state index contributed by atoms with van der Waals surface area (Å²) in [7, 11) is -3.81. The topological polar surface area (TPSA) is 86.8 Å². The van der Waals surface area contributed by atoms with Gasteiger partial charge in [-0.05, 0) is 67.3 Å². The standard InChI is InChI=1S/C29H34ClN3O4S/c1-5-31-29(35)27(18-23-9-7-6-8-10-23)32(19-24-11-13-25(30)14-12-24)28(34)20-33(38(4,36)37)26-16-21(2)15-22(3)17-26/h6-17,27H,5,18-20H2,1-4H3,(H,31,35)/t27-/m0/s1. The molecule has 0 spiro atoms. The molecule has 0 radical (unpaired) electrons. The average molecular weight is 556 g/mol. The van der Waals surface area contributed by atoms with Gasteiger partial charge in [0.05, 0.1) is 11.9 Å². The SMILES string of the molecule is CCNC(=O)[C@H](Cc1ccccc1)N(Cc1ccc(Cl)cc1)C(=O)CN(c1cc(C)cc(C)c1)S(C)(=O)=O. The lowest BCUT2D eigenvalue weighted by molar-refractivity contribution is -0.140. The summed E-state index contributed by atoms with van der Waals surface area (Å²) in [5.41, 5.74) is 3.81. The fourth-order valence-corrected chi connectivity index (χ4v) is 5.30. The first-order valence-electron chi connectivity index (χ1n) is 12.4. The lowest BCUT2D eigenvalue weighted by Crippen LogP contribution is -2.53. The highest BCUT2D eigenvalue weighted by atomic mass is 35.5. The average Bonchev–Trinajstić information content (AvgIpc) is 2.85. The summed E-state index contributed by atoms with van der Waals surface area (Å²) < 4.78 is 26.8. The van der Waals surface area contributed by atoms with Gasteiger partial charge in [-0.1, -0.05) is 60.1 Å². The molecule has 202 valence electrons. The first-order valence-corrected chi connectivity index (χ1v) is 14.6. The zero-order valence-corrected chi connectivity index (χ0v) is 23.7. The summed E-state index contributed by atoms with van der Waals surface area (Å²) in [5.74, 6) is -0.798. The fourth-order valence-electron chi connectivity index (χ4n) is 4.34. The summed E-state index contributed by atoms with van der Waals surface area (Å²) in [6.07, 6.45) is 1.35. The predicted octanol–water partition coefficient (Wildman–Crippen LogP) is 4.50. The highest BCUT2D eigenvalue weighted by molar-refractivity contribution is 7.92. The summed E-state index contributed by atoms with van der Waals surface area (Å²) in [4.78, 5) is 28.8. The first-order chi connectivity index (χ1) is 18.0. The van der Waals surface area contributed by atoms with E-state index in [1.54, 1.807) is 36.4 Å². The van der Waals surface area contributed by atoms with Gasteiger partial charge in [0.15, 0.2) is 0 Å². The third kappa shape index (κ3) is 8.07. The molecule has 7 nitrogen and oxygen atoms in total. The molecule has 0 fully saturated rings. The van der Waals surface area contributed by atoms with E-state index in [1.807, 2.05) is 57.2 Å². The van der Waals surface area contributed by atoms with E-state index in [0.717, 1.165) is 32.8 Å². The quantitative estimate of drug-likeness (QED) is 0.377. The molecule has 0 heterocycles. The van der Waals surface area contributed by atoms with E-state index in [4.69, 9.17) is 11.6 Å². The van der Waals surface area contributed by atoms with Gasteiger partial charge in [-0.3, -0.25) is 13.9 Å². The molecule has 3 rings (SSSR count). The van der Waals surface area contributed by atoms with Crippen molar-refractivity contribution < 1.29 is 18.0 Å². The minimum Gasteiger partial charge on any atom is -0.355 e. The van der Waals surface area contributed by atoms with E-state index in [2.05, 4.69) is 5.32 Å². The van der Waals surface area contributed by atoms with Crippen LogP contribution in [0.1, 0.15) is 29.2 Å². The molecule has 0 bridgehead atoms. The van der Waals surface area contributed by atoms with E-state index < -0.39 is 28.5 Å². The van der Waals surface area contributed by atoms with Crippen molar-refractivity contribution in [1.82, 2.24) is 10.2 Å². The van der Waals surface area contributed by atoms with Gasteiger partial charge in [0, 0.05) is 24.5 Å². The molecular weight excluding hydrogens is 522 g/mol. The van der Waals surface area contributed by atoms with Crippen LogP contribution in [0.25, 0.3) is 0 Å². The molecule has 3 aromatic carbocycles. The number of carbonyl (C=O) groups excluding carboxylic acids is 2. The summed E-state index contributed by atoms with van der Waals surface area (Å²) in [6, 6.07) is 21.0. The summed E-state index contributed by atoms with van der Waals surface area (Å²) in [6.45, 7) is 5.61. The van der Waals surface area contributed by atoms with Crippen LogP contribution in [-0.2, 0) is 32.6 Å². The van der Waals surface area contributed by atoms with Crippen LogP contribution in [-0.4, -0.2) is 50.5 Å².